The normalized spacial score (nSPS) is 10.9. The molecule has 0 aliphatic carbocycles. The second-order valence-corrected chi connectivity index (χ2v) is 4.94. The van der Waals surface area contributed by atoms with Gasteiger partial charge in [0.1, 0.15) is 0 Å². The third kappa shape index (κ3) is 2.65. The molecular formula is C16H22N2O. The van der Waals surface area contributed by atoms with Gasteiger partial charge < -0.3 is 5.11 Å². The predicted molar refractivity (Wildman–Crippen MR) is 78.4 cm³/mol. The summed E-state index contributed by atoms with van der Waals surface area (Å²) in [4.78, 5) is 0. The summed E-state index contributed by atoms with van der Waals surface area (Å²) in [5.41, 5.74) is 4.45. The highest BCUT2D eigenvalue weighted by Crippen LogP contribution is 2.33. The zero-order valence-electron chi connectivity index (χ0n) is 12.0. The van der Waals surface area contributed by atoms with Gasteiger partial charge in [0.2, 0.25) is 5.88 Å². The molecule has 1 aromatic heterocycles. The molecule has 0 spiro atoms. The zero-order chi connectivity index (χ0) is 13.8. The van der Waals surface area contributed by atoms with Crippen LogP contribution in [0, 0.1) is 6.92 Å². The second kappa shape index (κ2) is 5.91. The van der Waals surface area contributed by atoms with Crippen molar-refractivity contribution in [3.05, 3.63) is 35.4 Å². The van der Waals surface area contributed by atoms with E-state index in [1.165, 1.54) is 11.1 Å². The van der Waals surface area contributed by atoms with Crippen LogP contribution in [-0.2, 0) is 13.0 Å². The molecule has 1 N–H and O–H groups in total. The molecule has 1 heterocycles. The summed E-state index contributed by atoms with van der Waals surface area (Å²) in [7, 11) is 0. The van der Waals surface area contributed by atoms with Gasteiger partial charge in [0, 0.05) is 17.7 Å². The monoisotopic (exact) mass is 258 g/mol. The van der Waals surface area contributed by atoms with Crippen LogP contribution in [0.15, 0.2) is 24.3 Å². The number of rotatable bonds is 5. The maximum absolute atomic E-state index is 10.1. The molecule has 0 atom stereocenters. The Bertz CT molecular complexity index is 558. The molecule has 2 rings (SSSR count). The predicted octanol–water partition coefficient (Wildman–Crippen LogP) is 3.93. The van der Waals surface area contributed by atoms with Gasteiger partial charge >= 0.3 is 0 Å². The van der Waals surface area contributed by atoms with Crippen LogP contribution in [0.3, 0.4) is 0 Å². The van der Waals surface area contributed by atoms with Crippen LogP contribution in [0.5, 0.6) is 5.88 Å². The van der Waals surface area contributed by atoms with E-state index in [0.717, 1.165) is 37.1 Å². The molecule has 3 nitrogen and oxygen atoms in total. The van der Waals surface area contributed by atoms with Crippen molar-refractivity contribution < 1.29 is 5.11 Å². The van der Waals surface area contributed by atoms with E-state index in [4.69, 9.17) is 0 Å². The summed E-state index contributed by atoms with van der Waals surface area (Å²) in [5, 5.41) is 14.4. The van der Waals surface area contributed by atoms with Gasteiger partial charge in [-0.15, -0.1) is 5.10 Å². The molecule has 0 saturated heterocycles. The molecule has 0 aliphatic heterocycles. The molecule has 0 amide bonds. The first kappa shape index (κ1) is 13.7. The van der Waals surface area contributed by atoms with Gasteiger partial charge in [0.05, 0.1) is 5.69 Å². The lowest BCUT2D eigenvalue weighted by atomic mass is 10.00. The van der Waals surface area contributed by atoms with E-state index in [9.17, 15) is 5.11 Å². The summed E-state index contributed by atoms with van der Waals surface area (Å²) in [6.07, 6.45) is 2.87. The number of aromatic hydroxyl groups is 1. The average Bonchev–Trinajstić information content (AvgIpc) is 2.68. The van der Waals surface area contributed by atoms with Crippen molar-refractivity contribution in [3.63, 3.8) is 0 Å². The lowest BCUT2D eigenvalue weighted by Gasteiger charge is -2.11. The van der Waals surface area contributed by atoms with E-state index < -0.39 is 0 Å². The average molecular weight is 258 g/mol. The van der Waals surface area contributed by atoms with Crippen molar-refractivity contribution in [1.29, 1.82) is 0 Å². The van der Waals surface area contributed by atoms with Gasteiger partial charge in [0.15, 0.2) is 0 Å². The van der Waals surface area contributed by atoms with Gasteiger partial charge in [-0.3, -0.25) is 4.68 Å². The highest BCUT2D eigenvalue weighted by atomic mass is 16.3. The Morgan fingerprint density at radius 3 is 2.53 bits per heavy atom. The second-order valence-electron chi connectivity index (χ2n) is 4.94. The number of hydrogen-bond acceptors (Lipinski definition) is 2. The first-order valence-electron chi connectivity index (χ1n) is 7.03. The summed E-state index contributed by atoms with van der Waals surface area (Å²) < 4.78 is 1.95. The number of nitrogens with zero attached hydrogens (tertiary/aromatic N) is 2. The van der Waals surface area contributed by atoms with Crippen molar-refractivity contribution in [2.45, 2.75) is 46.6 Å². The summed E-state index contributed by atoms with van der Waals surface area (Å²) in [6, 6.07) is 8.29. The van der Waals surface area contributed by atoms with Crippen LogP contribution >= 0.6 is 0 Å². The largest absolute Gasteiger partial charge is 0.492 e. The van der Waals surface area contributed by atoms with E-state index in [0.29, 0.717) is 0 Å². The molecule has 19 heavy (non-hydrogen) atoms. The Hall–Kier alpha value is -1.77. The number of hydrogen-bond donors (Lipinski definition) is 1. The van der Waals surface area contributed by atoms with Crippen LogP contribution in [0.4, 0.5) is 0 Å². The minimum Gasteiger partial charge on any atom is -0.492 e. The molecule has 0 unspecified atom stereocenters. The molecule has 0 radical (unpaired) electrons. The Labute approximate surface area is 114 Å². The number of aromatic nitrogens is 2. The molecule has 0 fully saturated rings. The molecule has 2 aromatic rings. The third-order valence-corrected chi connectivity index (χ3v) is 3.36. The SMILES string of the molecule is CCCc1c(O)nn(CCC)c1-c1ccccc1C. The Morgan fingerprint density at radius 2 is 1.89 bits per heavy atom. The lowest BCUT2D eigenvalue weighted by molar-refractivity contribution is 0.432. The van der Waals surface area contributed by atoms with E-state index >= 15 is 0 Å². The summed E-state index contributed by atoms with van der Waals surface area (Å²) in [5.74, 6) is 0.188. The maximum Gasteiger partial charge on any atom is 0.234 e. The van der Waals surface area contributed by atoms with Crippen molar-refractivity contribution in [3.8, 4) is 17.1 Å². The standard InChI is InChI=1S/C16H22N2O/c1-4-8-14-15(13-10-7-6-9-12(13)3)18(11-5-2)17-16(14)19/h6-7,9-10H,4-5,8,11H2,1-3H3,(H,17,19). The molecule has 102 valence electrons. The zero-order valence-corrected chi connectivity index (χ0v) is 12.0. The van der Waals surface area contributed by atoms with Crippen molar-refractivity contribution in [2.75, 3.05) is 0 Å². The Balaban J connectivity index is 2.61. The molecular weight excluding hydrogens is 236 g/mol. The van der Waals surface area contributed by atoms with E-state index in [1.807, 2.05) is 16.8 Å². The highest BCUT2D eigenvalue weighted by Gasteiger charge is 2.18. The number of benzene rings is 1. The van der Waals surface area contributed by atoms with Gasteiger partial charge in [-0.2, -0.15) is 0 Å². The van der Waals surface area contributed by atoms with E-state index in [-0.39, 0.29) is 5.88 Å². The van der Waals surface area contributed by atoms with Gasteiger partial charge in [-0.25, -0.2) is 0 Å². The topological polar surface area (TPSA) is 38.1 Å². The smallest absolute Gasteiger partial charge is 0.234 e. The molecule has 0 aliphatic rings. The quantitative estimate of drug-likeness (QED) is 0.882. The van der Waals surface area contributed by atoms with Gasteiger partial charge in [-0.05, 0) is 25.3 Å². The van der Waals surface area contributed by atoms with Gasteiger partial charge in [0.25, 0.3) is 0 Å². The fourth-order valence-corrected chi connectivity index (χ4v) is 2.48. The minimum absolute atomic E-state index is 0.188. The molecule has 0 bridgehead atoms. The molecule has 1 aromatic carbocycles. The van der Waals surface area contributed by atoms with Crippen LogP contribution in [0.25, 0.3) is 11.3 Å². The molecule has 3 heteroatoms. The third-order valence-electron chi connectivity index (χ3n) is 3.36. The molecule has 0 saturated carbocycles. The lowest BCUT2D eigenvalue weighted by Crippen LogP contribution is -2.03. The fraction of sp³-hybridized carbons (Fsp3) is 0.438. The van der Waals surface area contributed by atoms with Crippen LogP contribution in [-0.4, -0.2) is 14.9 Å². The summed E-state index contributed by atoms with van der Waals surface area (Å²) in [6.45, 7) is 7.18. The van der Waals surface area contributed by atoms with Crippen LogP contribution in [0.2, 0.25) is 0 Å². The fourth-order valence-electron chi connectivity index (χ4n) is 2.48. The van der Waals surface area contributed by atoms with Crippen LogP contribution in [0.1, 0.15) is 37.8 Å². The van der Waals surface area contributed by atoms with Crippen molar-refractivity contribution in [1.82, 2.24) is 9.78 Å². The first-order chi connectivity index (χ1) is 9.19. The maximum atomic E-state index is 10.1. The Morgan fingerprint density at radius 1 is 1.16 bits per heavy atom. The minimum atomic E-state index is 0.188. The van der Waals surface area contributed by atoms with Gasteiger partial charge in [-0.1, -0.05) is 44.5 Å². The van der Waals surface area contributed by atoms with E-state index in [2.05, 4.69) is 38.0 Å². The number of aryl methyl sites for hydroxylation is 2. The first-order valence-corrected chi connectivity index (χ1v) is 7.03. The van der Waals surface area contributed by atoms with Crippen molar-refractivity contribution in [2.24, 2.45) is 0 Å². The Kier molecular flexibility index (Phi) is 4.25. The van der Waals surface area contributed by atoms with Crippen molar-refractivity contribution >= 4 is 0 Å². The van der Waals surface area contributed by atoms with E-state index in [1.54, 1.807) is 0 Å². The summed E-state index contributed by atoms with van der Waals surface area (Å²) >= 11 is 0. The highest BCUT2D eigenvalue weighted by molar-refractivity contribution is 5.69. The van der Waals surface area contributed by atoms with Crippen LogP contribution < -0.4 is 0 Å².